The first-order valence-corrected chi connectivity index (χ1v) is 30.7. The number of rotatable bonds is 13. The van der Waals surface area contributed by atoms with Gasteiger partial charge in [-0.1, -0.05) is 60.1 Å². The SMILES string of the molecule is C[C@H]1[C@H](C)CC[C@]2(C(=O)O[C@@H]3O[C@H](CO[C@@H]4O[C@H](CO)[C@@H](O[C@@H]5O[C@@H](C)[C@H](O)[C@@H](O)[C@H]5O)[C@H](O)[C@H]4O)[C@@H](O)[C@H](O)[C@H]3O)CC[C@]3(C)C(=CC[C@@H]4[C@@]5(C)CC[C@H](O[C@@H]6OC[C@H](O)[C@H](O[C@@H]7O[C@H](CO)[C@@H](O)[C@H](O)[C@H]7O)[C@H]6O)C(C)(C)[C@@H]5CC[C@]43C)[C@H]12. The summed E-state index contributed by atoms with van der Waals surface area (Å²) in [6.07, 6.45) is -29.9. The summed E-state index contributed by atoms with van der Waals surface area (Å²) in [5, 5.41) is 161. The van der Waals surface area contributed by atoms with E-state index in [2.05, 4.69) is 54.5 Å². The number of ether oxygens (including phenoxy) is 10. The minimum atomic E-state index is -1.89. The first-order chi connectivity index (χ1) is 39.9. The predicted octanol–water partition coefficient (Wildman–Crippen LogP) is -2.69. The average molecular weight is 1220 g/mol. The van der Waals surface area contributed by atoms with Crippen molar-refractivity contribution < 1.29 is 129 Å². The Morgan fingerprint density at radius 3 is 1.81 bits per heavy atom. The van der Waals surface area contributed by atoms with Gasteiger partial charge in [-0.05, 0) is 116 Å². The summed E-state index contributed by atoms with van der Waals surface area (Å²) in [6, 6.07) is 0. The van der Waals surface area contributed by atoms with Gasteiger partial charge in [-0.15, -0.1) is 0 Å². The Labute approximate surface area is 494 Å². The van der Waals surface area contributed by atoms with E-state index in [1.54, 1.807) is 0 Å². The van der Waals surface area contributed by atoms with E-state index in [9.17, 15) is 76.6 Å². The number of carbonyl (C=O) groups is 1. The second-order valence-electron chi connectivity index (χ2n) is 28.1. The Kier molecular flexibility index (Phi) is 19.2. The van der Waals surface area contributed by atoms with Crippen LogP contribution in [-0.2, 0) is 52.2 Å². The van der Waals surface area contributed by atoms with Crippen molar-refractivity contribution in [1.82, 2.24) is 0 Å². The minimum Gasteiger partial charge on any atom is -0.432 e. The van der Waals surface area contributed by atoms with E-state index in [1.807, 2.05) is 0 Å². The molecular weight excluding hydrogens is 1120 g/mol. The maximum absolute atomic E-state index is 15.3. The molecule has 5 saturated heterocycles. The van der Waals surface area contributed by atoms with Gasteiger partial charge in [-0.2, -0.15) is 0 Å². The van der Waals surface area contributed by atoms with Crippen LogP contribution in [0.25, 0.3) is 0 Å². The van der Waals surface area contributed by atoms with Crippen LogP contribution in [0.5, 0.6) is 0 Å². The predicted molar refractivity (Wildman–Crippen MR) is 288 cm³/mol. The number of fused-ring (bicyclic) bond motifs is 7. The molecule has 4 saturated carbocycles. The zero-order valence-corrected chi connectivity index (χ0v) is 49.8. The van der Waals surface area contributed by atoms with E-state index in [-0.39, 0.29) is 52.4 Å². The van der Waals surface area contributed by atoms with Crippen molar-refractivity contribution in [2.45, 2.75) is 267 Å². The summed E-state index contributed by atoms with van der Waals surface area (Å²) < 4.78 is 59.0. The van der Waals surface area contributed by atoms with Gasteiger partial charge in [0.1, 0.15) is 110 Å². The summed E-state index contributed by atoms with van der Waals surface area (Å²) in [7, 11) is 0. The standard InChI is InChI=1S/C59H96O26/c1-23-11-16-59(54(75)85-53-44(72)40(68)37(65)30(81-53)22-77-49-45(73)41(69)48(29(20-61)80-49)84-51-42(70)38(66)35(63)25(3)78-51)18-17-57(7)26(34(59)24(23)2)9-10-32-56(6)14-13-33(55(4,5)31(56)12-15-58(32,57)8)82-50-46(74)47(27(62)21-76-50)83-52-43(71)39(67)36(64)28(19-60)79-52/h9,23-25,27-53,60-74H,10-22H2,1-8H3/t23-,24+,25+,27+,28-,29-,30-,31+,32-,33+,34+,35+,36-,37-,38-,39+,40+,41-,42-,43-,44-,45-,46-,47+,48-,49-,50+,51+,52+,53+,56+,57-,58-,59+/m1/s1. The van der Waals surface area contributed by atoms with Gasteiger partial charge in [0.2, 0.25) is 6.29 Å². The summed E-state index contributed by atoms with van der Waals surface area (Å²) >= 11 is 0. The molecule has 0 amide bonds. The number of hydrogen-bond acceptors (Lipinski definition) is 26. The topological polar surface area (TPSA) is 413 Å². The molecule has 15 N–H and O–H groups in total. The molecule has 0 unspecified atom stereocenters. The molecule has 0 bridgehead atoms. The highest BCUT2D eigenvalue weighted by atomic mass is 16.8. The number of aliphatic hydroxyl groups is 15. The Hall–Kier alpha value is -1.75. The van der Waals surface area contributed by atoms with Gasteiger partial charge >= 0.3 is 5.97 Å². The molecule has 85 heavy (non-hydrogen) atoms. The van der Waals surface area contributed by atoms with Gasteiger partial charge in [0.05, 0.1) is 44.1 Å². The van der Waals surface area contributed by atoms with Crippen LogP contribution >= 0.6 is 0 Å². The molecule has 26 nitrogen and oxygen atoms in total. The maximum atomic E-state index is 15.3. The van der Waals surface area contributed by atoms with Gasteiger partial charge in [0, 0.05) is 0 Å². The fourth-order valence-electron chi connectivity index (χ4n) is 17.8. The number of aliphatic hydroxyl groups excluding tert-OH is 15. The molecule has 10 aliphatic rings. The quantitative estimate of drug-likeness (QED) is 0.0507. The number of carbonyl (C=O) groups excluding carboxylic acids is 1. The van der Waals surface area contributed by atoms with E-state index in [0.717, 1.165) is 32.1 Å². The summed E-state index contributed by atoms with van der Waals surface area (Å²) in [4.78, 5) is 15.3. The lowest BCUT2D eigenvalue weighted by Crippen LogP contribution is -2.66. The Balaban J connectivity index is 0.814. The molecule has 26 heteroatoms. The largest absolute Gasteiger partial charge is 0.432 e. The van der Waals surface area contributed by atoms with Gasteiger partial charge in [-0.25, -0.2) is 0 Å². The van der Waals surface area contributed by atoms with Crippen molar-refractivity contribution in [1.29, 1.82) is 0 Å². The van der Waals surface area contributed by atoms with Crippen LogP contribution in [0.3, 0.4) is 0 Å². The van der Waals surface area contributed by atoms with E-state index in [0.29, 0.717) is 25.7 Å². The third kappa shape index (κ3) is 11.0. The normalized spacial score (nSPS) is 55.3. The molecule has 0 radical (unpaired) electrons. The third-order valence-electron chi connectivity index (χ3n) is 23.4. The molecule has 5 aliphatic carbocycles. The second kappa shape index (κ2) is 24.7. The highest BCUT2D eigenvalue weighted by molar-refractivity contribution is 5.79. The molecule has 0 spiro atoms. The third-order valence-corrected chi connectivity index (χ3v) is 23.4. The highest BCUT2D eigenvalue weighted by Gasteiger charge is 2.71. The molecule has 34 atom stereocenters. The van der Waals surface area contributed by atoms with Gasteiger partial charge in [-0.3, -0.25) is 4.79 Å². The number of allylic oxidation sites excluding steroid dienone is 2. The van der Waals surface area contributed by atoms with Gasteiger partial charge in [0.25, 0.3) is 0 Å². The monoisotopic (exact) mass is 1220 g/mol. The fraction of sp³-hybridized carbons (Fsp3) is 0.949. The van der Waals surface area contributed by atoms with Crippen LogP contribution in [0.4, 0.5) is 0 Å². The van der Waals surface area contributed by atoms with Crippen LogP contribution in [0.2, 0.25) is 0 Å². The molecule has 0 aromatic rings. The van der Waals surface area contributed by atoms with E-state index in [4.69, 9.17) is 47.4 Å². The van der Waals surface area contributed by atoms with Crippen LogP contribution in [0.1, 0.15) is 113 Å². The van der Waals surface area contributed by atoms with E-state index >= 15 is 4.79 Å². The summed E-state index contributed by atoms with van der Waals surface area (Å²) in [5.74, 6) is -0.206. The molecular formula is C59H96O26. The molecule has 5 aliphatic heterocycles. The lowest BCUT2D eigenvalue weighted by atomic mass is 9.33. The molecule has 0 aromatic heterocycles. The van der Waals surface area contributed by atoms with Crippen LogP contribution in [0, 0.1) is 56.7 Å². The maximum Gasteiger partial charge on any atom is 0.315 e. The van der Waals surface area contributed by atoms with Gasteiger partial charge < -0.3 is 124 Å². The molecule has 10 rings (SSSR count). The van der Waals surface area contributed by atoms with Crippen LogP contribution in [0.15, 0.2) is 11.6 Å². The van der Waals surface area contributed by atoms with Crippen molar-refractivity contribution in [2.75, 3.05) is 26.4 Å². The zero-order chi connectivity index (χ0) is 61.9. The van der Waals surface area contributed by atoms with Crippen LogP contribution < -0.4 is 0 Å². The lowest BCUT2D eigenvalue weighted by molar-refractivity contribution is -0.361. The van der Waals surface area contributed by atoms with E-state index in [1.165, 1.54) is 12.5 Å². The second-order valence-corrected chi connectivity index (χ2v) is 28.1. The van der Waals surface area contributed by atoms with Crippen molar-refractivity contribution in [2.24, 2.45) is 56.7 Å². The molecule has 5 heterocycles. The Morgan fingerprint density at radius 1 is 0.553 bits per heavy atom. The van der Waals surface area contributed by atoms with Crippen molar-refractivity contribution in [3.63, 3.8) is 0 Å². The minimum absolute atomic E-state index is 0.0329. The molecule has 488 valence electrons. The first kappa shape index (κ1) is 66.2. The van der Waals surface area contributed by atoms with Gasteiger partial charge in [0.15, 0.2) is 25.2 Å². The zero-order valence-electron chi connectivity index (χ0n) is 49.8. The summed E-state index contributed by atoms with van der Waals surface area (Å²) in [5.41, 5.74) is -1.02. The average Bonchev–Trinajstić information content (AvgIpc) is 0.767. The number of esters is 1. The van der Waals surface area contributed by atoms with E-state index < -0.39 is 190 Å². The van der Waals surface area contributed by atoms with Crippen LogP contribution in [-0.4, -0.2) is 263 Å². The first-order valence-electron chi connectivity index (χ1n) is 30.7. The van der Waals surface area contributed by atoms with Crippen molar-refractivity contribution in [3.8, 4) is 0 Å². The molecule has 0 aromatic carbocycles. The van der Waals surface area contributed by atoms with Crippen molar-refractivity contribution in [3.05, 3.63) is 11.6 Å². The highest BCUT2D eigenvalue weighted by Crippen LogP contribution is 2.76. The fourth-order valence-corrected chi connectivity index (χ4v) is 17.8. The Morgan fingerprint density at radius 2 is 1.14 bits per heavy atom. The lowest BCUT2D eigenvalue weighted by Gasteiger charge is -2.71. The molecule has 9 fully saturated rings. The number of hydrogen-bond donors (Lipinski definition) is 15. The smallest absolute Gasteiger partial charge is 0.315 e. The Bertz CT molecular complexity index is 2350. The summed E-state index contributed by atoms with van der Waals surface area (Å²) in [6.45, 7) is 15.0. The van der Waals surface area contributed by atoms with Crippen molar-refractivity contribution >= 4 is 5.97 Å².